The summed E-state index contributed by atoms with van der Waals surface area (Å²) < 4.78 is 7.02. The van der Waals surface area contributed by atoms with Gasteiger partial charge in [-0.1, -0.05) is 41.4 Å². The molecule has 1 amide bonds. The zero-order chi connectivity index (χ0) is 22.7. The van der Waals surface area contributed by atoms with E-state index in [1.165, 1.54) is 0 Å². The van der Waals surface area contributed by atoms with E-state index >= 15 is 0 Å². The second-order valence-electron chi connectivity index (χ2n) is 7.03. The maximum atomic E-state index is 12.9. The van der Waals surface area contributed by atoms with Crippen LogP contribution in [0.1, 0.15) is 23.1 Å². The molecular weight excluding hydrogens is 447 g/mol. The van der Waals surface area contributed by atoms with Crippen LogP contribution in [-0.2, 0) is 0 Å². The number of carbonyl (C=O) groups excluding carboxylic acids is 1. The van der Waals surface area contributed by atoms with E-state index in [0.717, 1.165) is 16.9 Å². The topological polar surface area (TPSA) is 69.0 Å². The van der Waals surface area contributed by atoms with Crippen molar-refractivity contribution in [2.45, 2.75) is 13.8 Å². The molecule has 3 aromatic carbocycles. The molecule has 0 unspecified atom stereocenters. The lowest BCUT2D eigenvalue weighted by molar-refractivity contribution is 0.101. The Hall–Kier alpha value is -3.35. The normalized spacial score (nSPS) is 10.8. The SMILES string of the molecule is CCOc1ccc(NC(=O)c2nc(-c3cccc(Cl)c3)n(-c3ccc(C)c(Cl)c3)n2)cc1. The maximum absolute atomic E-state index is 12.9. The lowest BCUT2D eigenvalue weighted by Gasteiger charge is -2.08. The van der Waals surface area contributed by atoms with Gasteiger partial charge in [-0.05, 0) is 67.9 Å². The predicted octanol–water partition coefficient (Wildman–Crippen LogP) is 6.20. The average molecular weight is 467 g/mol. The number of benzene rings is 3. The maximum Gasteiger partial charge on any atom is 0.295 e. The highest BCUT2D eigenvalue weighted by Gasteiger charge is 2.19. The van der Waals surface area contributed by atoms with Gasteiger partial charge in [0.25, 0.3) is 5.91 Å². The summed E-state index contributed by atoms with van der Waals surface area (Å²) in [4.78, 5) is 17.4. The van der Waals surface area contributed by atoms with Crippen LogP contribution in [0.15, 0.2) is 66.7 Å². The third-order valence-electron chi connectivity index (χ3n) is 4.72. The van der Waals surface area contributed by atoms with Gasteiger partial charge in [0.1, 0.15) is 5.75 Å². The number of amides is 1. The highest BCUT2D eigenvalue weighted by Crippen LogP contribution is 2.26. The summed E-state index contributed by atoms with van der Waals surface area (Å²) in [5.41, 5.74) is 2.95. The number of nitrogens with zero attached hydrogens (tertiary/aromatic N) is 3. The molecule has 0 aliphatic heterocycles. The molecule has 0 fully saturated rings. The quantitative estimate of drug-likeness (QED) is 0.367. The van der Waals surface area contributed by atoms with Gasteiger partial charge in [0.15, 0.2) is 5.82 Å². The van der Waals surface area contributed by atoms with Crippen molar-refractivity contribution >= 4 is 34.8 Å². The Morgan fingerprint density at radius 1 is 1.06 bits per heavy atom. The largest absolute Gasteiger partial charge is 0.494 e. The zero-order valence-electron chi connectivity index (χ0n) is 17.5. The Morgan fingerprint density at radius 2 is 1.84 bits per heavy atom. The number of aryl methyl sites for hydroxylation is 1. The van der Waals surface area contributed by atoms with Gasteiger partial charge in [0, 0.05) is 21.3 Å². The fraction of sp³-hybridized carbons (Fsp3) is 0.125. The number of hydrogen-bond acceptors (Lipinski definition) is 4. The zero-order valence-corrected chi connectivity index (χ0v) is 19.0. The molecule has 0 atom stereocenters. The Balaban J connectivity index is 1.71. The second-order valence-corrected chi connectivity index (χ2v) is 7.87. The molecule has 1 N–H and O–H groups in total. The van der Waals surface area contributed by atoms with Crippen molar-refractivity contribution in [2.75, 3.05) is 11.9 Å². The van der Waals surface area contributed by atoms with Gasteiger partial charge < -0.3 is 10.1 Å². The summed E-state index contributed by atoms with van der Waals surface area (Å²) in [5, 5.41) is 8.43. The summed E-state index contributed by atoms with van der Waals surface area (Å²) in [7, 11) is 0. The summed E-state index contributed by atoms with van der Waals surface area (Å²) in [6.07, 6.45) is 0. The van der Waals surface area contributed by atoms with Crippen LogP contribution in [0, 0.1) is 6.92 Å². The van der Waals surface area contributed by atoms with Gasteiger partial charge in [0.2, 0.25) is 5.82 Å². The van der Waals surface area contributed by atoms with E-state index in [9.17, 15) is 4.79 Å². The van der Waals surface area contributed by atoms with Crippen molar-refractivity contribution in [3.8, 4) is 22.8 Å². The molecule has 1 aromatic heterocycles. The molecule has 0 saturated carbocycles. The molecule has 4 aromatic rings. The summed E-state index contributed by atoms with van der Waals surface area (Å²) in [5.74, 6) is 0.789. The van der Waals surface area contributed by atoms with Gasteiger partial charge in [-0.15, -0.1) is 5.10 Å². The third kappa shape index (κ3) is 4.77. The molecule has 162 valence electrons. The van der Waals surface area contributed by atoms with Crippen molar-refractivity contribution in [1.82, 2.24) is 14.8 Å². The van der Waals surface area contributed by atoms with Crippen LogP contribution in [0.2, 0.25) is 10.0 Å². The Labute approximate surface area is 195 Å². The molecule has 0 saturated heterocycles. The lowest BCUT2D eigenvalue weighted by Crippen LogP contribution is -2.14. The van der Waals surface area contributed by atoms with Gasteiger partial charge in [-0.3, -0.25) is 4.79 Å². The number of anilines is 1. The second kappa shape index (κ2) is 9.42. The predicted molar refractivity (Wildman–Crippen MR) is 127 cm³/mol. The van der Waals surface area contributed by atoms with Crippen LogP contribution < -0.4 is 10.1 Å². The average Bonchev–Trinajstić information content (AvgIpc) is 3.23. The number of nitrogens with one attached hydrogen (secondary N) is 1. The lowest BCUT2D eigenvalue weighted by atomic mass is 10.2. The minimum Gasteiger partial charge on any atom is -0.494 e. The van der Waals surface area contributed by atoms with Crippen molar-refractivity contribution in [2.24, 2.45) is 0 Å². The molecule has 4 rings (SSSR count). The fourth-order valence-electron chi connectivity index (χ4n) is 3.10. The Morgan fingerprint density at radius 3 is 2.53 bits per heavy atom. The number of aromatic nitrogens is 3. The standard InChI is InChI=1S/C24H20Cl2N4O2/c1-3-32-20-11-8-18(9-12-20)27-24(31)22-28-23(16-5-4-6-17(25)13-16)30(29-22)19-10-7-15(2)21(26)14-19/h4-14H,3H2,1-2H3,(H,27,31). The van der Waals surface area contributed by atoms with Crippen molar-refractivity contribution in [3.63, 3.8) is 0 Å². The van der Waals surface area contributed by atoms with Crippen molar-refractivity contribution in [3.05, 3.63) is 88.2 Å². The summed E-state index contributed by atoms with van der Waals surface area (Å²) in [6, 6.07) is 19.9. The Bertz CT molecular complexity index is 1270. The summed E-state index contributed by atoms with van der Waals surface area (Å²) >= 11 is 12.5. The van der Waals surface area contributed by atoms with E-state index in [1.54, 1.807) is 47.1 Å². The number of halogens is 2. The molecule has 0 aliphatic carbocycles. The van der Waals surface area contributed by atoms with Gasteiger partial charge in [-0.25, -0.2) is 9.67 Å². The first-order valence-electron chi connectivity index (χ1n) is 9.98. The Kier molecular flexibility index (Phi) is 6.44. The fourth-order valence-corrected chi connectivity index (χ4v) is 3.47. The molecular formula is C24H20Cl2N4O2. The highest BCUT2D eigenvalue weighted by atomic mass is 35.5. The van der Waals surface area contributed by atoms with Crippen LogP contribution in [0.5, 0.6) is 5.75 Å². The molecule has 0 radical (unpaired) electrons. The first-order chi connectivity index (χ1) is 15.4. The van der Waals surface area contributed by atoms with Gasteiger partial charge >= 0.3 is 0 Å². The smallest absolute Gasteiger partial charge is 0.295 e. The van der Waals surface area contributed by atoms with Crippen LogP contribution in [-0.4, -0.2) is 27.3 Å². The number of ether oxygens (including phenoxy) is 1. The first-order valence-corrected chi connectivity index (χ1v) is 10.7. The minimum atomic E-state index is -0.436. The van der Waals surface area contributed by atoms with E-state index in [-0.39, 0.29) is 5.82 Å². The van der Waals surface area contributed by atoms with Crippen LogP contribution in [0.4, 0.5) is 5.69 Å². The third-order valence-corrected chi connectivity index (χ3v) is 5.36. The molecule has 8 heteroatoms. The van der Waals surface area contributed by atoms with Crippen LogP contribution in [0.25, 0.3) is 17.1 Å². The van der Waals surface area contributed by atoms with Crippen molar-refractivity contribution in [1.29, 1.82) is 0 Å². The minimum absolute atomic E-state index is 0.0190. The molecule has 0 aliphatic rings. The van der Waals surface area contributed by atoms with Crippen molar-refractivity contribution < 1.29 is 9.53 Å². The van der Waals surface area contributed by atoms with E-state index in [2.05, 4.69) is 15.4 Å². The number of hydrogen-bond donors (Lipinski definition) is 1. The van der Waals surface area contributed by atoms with E-state index in [4.69, 9.17) is 27.9 Å². The highest BCUT2D eigenvalue weighted by molar-refractivity contribution is 6.31. The number of carbonyl (C=O) groups is 1. The molecule has 32 heavy (non-hydrogen) atoms. The molecule has 6 nitrogen and oxygen atoms in total. The van der Waals surface area contributed by atoms with Gasteiger partial charge in [-0.2, -0.15) is 0 Å². The molecule has 0 bridgehead atoms. The van der Waals surface area contributed by atoms with E-state index < -0.39 is 5.91 Å². The molecule has 1 heterocycles. The molecule has 0 spiro atoms. The van der Waals surface area contributed by atoms with Crippen LogP contribution in [0.3, 0.4) is 0 Å². The van der Waals surface area contributed by atoms with Gasteiger partial charge in [0.05, 0.1) is 12.3 Å². The van der Waals surface area contributed by atoms with Crippen LogP contribution >= 0.6 is 23.2 Å². The van der Waals surface area contributed by atoms with E-state index in [1.807, 2.05) is 38.1 Å². The monoisotopic (exact) mass is 466 g/mol. The number of rotatable bonds is 6. The summed E-state index contributed by atoms with van der Waals surface area (Å²) in [6.45, 7) is 4.40. The van der Waals surface area contributed by atoms with E-state index in [0.29, 0.717) is 33.9 Å². The first kappa shape index (κ1) is 21.9.